The number of ether oxygens (including phenoxy) is 2. The van der Waals surface area contributed by atoms with E-state index in [-0.39, 0.29) is 23.6 Å². The number of nitro benzene ring substituents is 1. The molecule has 0 bridgehead atoms. The molecule has 3 rings (SSSR count). The topological polar surface area (TPSA) is 105 Å². The lowest BCUT2D eigenvalue weighted by Crippen LogP contribution is -2.06. The van der Waals surface area contributed by atoms with E-state index in [9.17, 15) is 14.9 Å². The highest BCUT2D eigenvalue weighted by Crippen LogP contribution is 2.28. The number of oxazole rings is 1. The van der Waals surface area contributed by atoms with Crippen LogP contribution in [0.15, 0.2) is 59.2 Å². The van der Waals surface area contributed by atoms with E-state index in [4.69, 9.17) is 13.9 Å². The van der Waals surface area contributed by atoms with Gasteiger partial charge in [-0.25, -0.2) is 9.78 Å². The Kier molecular flexibility index (Phi) is 4.93. The van der Waals surface area contributed by atoms with Crippen LogP contribution in [0.4, 0.5) is 5.69 Å². The highest BCUT2D eigenvalue weighted by Gasteiger charge is 2.19. The van der Waals surface area contributed by atoms with Gasteiger partial charge in [0.25, 0.3) is 0 Å². The highest BCUT2D eigenvalue weighted by molar-refractivity contribution is 5.90. The molecule has 0 aliphatic carbocycles. The predicted molar refractivity (Wildman–Crippen MR) is 90.7 cm³/mol. The average molecular weight is 354 g/mol. The van der Waals surface area contributed by atoms with Crippen molar-refractivity contribution in [3.8, 4) is 17.2 Å². The number of carbonyl (C=O) groups excluding carboxylic acids is 1. The van der Waals surface area contributed by atoms with Crippen molar-refractivity contribution in [3.63, 3.8) is 0 Å². The summed E-state index contributed by atoms with van der Waals surface area (Å²) in [5.74, 6) is -0.229. The van der Waals surface area contributed by atoms with Crippen LogP contribution in [0.25, 0.3) is 11.5 Å². The zero-order chi connectivity index (χ0) is 18.5. The number of esters is 1. The first-order chi connectivity index (χ1) is 12.6. The minimum atomic E-state index is -0.708. The van der Waals surface area contributed by atoms with Crippen molar-refractivity contribution in [3.05, 3.63) is 76.2 Å². The smallest absolute Gasteiger partial charge is 0.338 e. The number of aromatic nitrogens is 1. The zero-order valence-electron chi connectivity index (χ0n) is 13.7. The molecule has 0 N–H and O–H groups in total. The van der Waals surface area contributed by atoms with Crippen molar-refractivity contribution in [1.82, 2.24) is 4.98 Å². The van der Waals surface area contributed by atoms with Crippen molar-refractivity contribution >= 4 is 11.7 Å². The van der Waals surface area contributed by atoms with Crippen molar-refractivity contribution in [2.24, 2.45) is 0 Å². The summed E-state index contributed by atoms with van der Waals surface area (Å²) < 4.78 is 15.4. The van der Waals surface area contributed by atoms with Crippen LogP contribution in [0.5, 0.6) is 5.75 Å². The van der Waals surface area contributed by atoms with E-state index in [2.05, 4.69) is 4.98 Å². The molecule has 0 amide bonds. The monoisotopic (exact) mass is 354 g/mol. The van der Waals surface area contributed by atoms with Crippen LogP contribution in [-0.2, 0) is 11.3 Å². The van der Waals surface area contributed by atoms with Gasteiger partial charge in [-0.15, -0.1) is 0 Å². The minimum absolute atomic E-state index is 0.0456. The number of nitrogens with zero attached hydrogens (tertiary/aromatic N) is 2. The third-order valence-corrected chi connectivity index (χ3v) is 3.53. The first-order valence-corrected chi connectivity index (χ1v) is 7.58. The molecule has 26 heavy (non-hydrogen) atoms. The molecule has 3 aromatic rings. The summed E-state index contributed by atoms with van der Waals surface area (Å²) in [5, 5.41) is 11.0. The number of benzene rings is 2. The number of hydrogen-bond acceptors (Lipinski definition) is 7. The van der Waals surface area contributed by atoms with Crippen molar-refractivity contribution in [1.29, 1.82) is 0 Å². The molecule has 0 saturated carbocycles. The summed E-state index contributed by atoms with van der Waals surface area (Å²) >= 11 is 0. The highest BCUT2D eigenvalue weighted by atomic mass is 16.6. The van der Waals surface area contributed by atoms with Crippen LogP contribution in [0.1, 0.15) is 16.1 Å². The molecule has 0 saturated heterocycles. The number of nitro groups is 1. The van der Waals surface area contributed by atoms with E-state index >= 15 is 0 Å². The molecule has 0 fully saturated rings. The number of carbonyl (C=O) groups is 1. The van der Waals surface area contributed by atoms with E-state index in [1.807, 2.05) is 30.3 Å². The average Bonchev–Trinajstić information content (AvgIpc) is 3.15. The first kappa shape index (κ1) is 17.2. The summed E-state index contributed by atoms with van der Waals surface area (Å²) in [6.45, 7) is -0.116. The molecule has 2 aromatic carbocycles. The molecular formula is C18H14N2O6. The zero-order valence-corrected chi connectivity index (χ0v) is 13.7. The van der Waals surface area contributed by atoms with Crippen LogP contribution >= 0.6 is 0 Å². The second-order valence-electron chi connectivity index (χ2n) is 5.23. The normalized spacial score (nSPS) is 10.3. The van der Waals surface area contributed by atoms with Crippen LogP contribution in [-0.4, -0.2) is 23.0 Å². The Morgan fingerprint density at radius 2 is 2.00 bits per heavy atom. The van der Waals surface area contributed by atoms with Gasteiger partial charge in [-0.1, -0.05) is 18.2 Å². The molecule has 0 spiro atoms. The van der Waals surface area contributed by atoms with Gasteiger partial charge in [0.15, 0.2) is 5.75 Å². The van der Waals surface area contributed by atoms with Gasteiger partial charge in [0.05, 0.1) is 17.6 Å². The standard InChI is InChI=1S/C18H14N2O6/c1-24-16-8-7-13(9-15(16)20(22)23)18(21)26-11-14-10-25-17(19-14)12-5-3-2-4-6-12/h2-10H,11H2,1H3. The van der Waals surface area contributed by atoms with Gasteiger partial charge >= 0.3 is 11.7 Å². The maximum absolute atomic E-state index is 12.1. The lowest BCUT2D eigenvalue weighted by Gasteiger charge is -2.05. The molecule has 1 aromatic heterocycles. The van der Waals surface area contributed by atoms with E-state index in [0.29, 0.717) is 11.6 Å². The van der Waals surface area contributed by atoms with Gasteiger partial charge in [-0.3, -0.25) is 10.1 Å². The Hall–Kier alpha value is -3.68. The number of rotatable bonds is 6. The lowest BCUT2D eigenvalue weighted by molar-refractivity contribution is -0.385. The third kappa shape index (κ3) is 3.69. The molecule has 132 valence electrons. The second-order valence-corrected chi connectivity index (χ2v) is 5.23. The van der Waals surface area contributed by atoms with Crippen molar-refractivity contribution in [2.75, 3.05) is 7.11 Å². The molecule has 0 atom stereocenters. The predicted octanol–water partition coefficient (Wildman–Crippen LogP) is 3.62. The van der Waals surface area contributed by atoms with Crippen LogP contribution in [0.3, 0.4) is 0 Å². The van der Waals surface area contributed by atoms with Crippen LogP contribution in [0.2, 0.25) is 0 Å². The fourth-order valence-corrected chi connectivity index (χ4v) is 2.27. The molecule has 0 aliphatic rings. The Balaban J connectivity index is 1.69. The summed E-state index contributed by atoms with van der Waals surface area (Å²) in [6, 6.07) is 13.1. The Morgan fingerprint density at radius 1 is 1.23 bits per heavy atom. The van der Waals surface area contributed by atoms with Gasteiger partial charge in [-0.05, 0) is 24.3 Å². The fraction of sp³-hybridized carbons (Fsp3) is 0.111. The van der Waals surface area contributed by atoms with E-state index in [1.54, 1.807) is 0 Å². The maximum Gasteiger partial charge on any atom is 0.338 e. The van der Waals surface area contributed by atoms with Crippen LogP contribution < -0.4 is 4.74 Å². The lowest BCUT2D eigenvalue weighted by atomic mass is 10.2. The third-order valence-electron chi connectivity index (χ3n) is 3.53. The van der Waals surface area contributed by atoms with E-state index in [1.165, 1.54) is 25.5 Å². The fourth-order valence-electron chi connectivity index (χ4n) is 2.27. The summed E-state index contributed by atoms with van der Waals surface area (Å²) in [4.78, 5) is 26.8. The molecule has 0 radical (unpaired) electrons. The maximum atomic E-state index is 12.1. The molecule has 0 unspecified atom stereocenters. The van der Waals surface area contributed by atoms with Crippen LogP contribution in [0, 0.1) is 10.1 Å². The summed E-state index contributed by atoms with van der Waals surface area (Å²) in [7, 11) is 1.31. The quantitative estimate of drug-likeness (QED) is 0.378. The van der Waals surface area contributed by atoms with E-state index in [0.717, 1.165) is 11.6 Å². The van der Waals surface area contributed by atoms with Crippen molar-refractivity contribution in [2.45, 2.75) is 6.61 Å². The molecule has 1 heterocycles. The summed E-state index contributed by atoms with van der Waals surface area (Å²) in [5.41, 5.74) is 0.968. The van der Waals surface area contributed by atoms with Gasteiger partial charge < -0.3 is 13.9 Å². The largest absolute Gasteiger partial charge is 0.490 e. The number of hydrogen-bond donors (Lipinski definition) is 0. The molecular weight excluding hydrogens is 340 g/mol. The Labute approximate surface area is 148 Å². The van der Waals surface area contributed by atoms with Gasteiger partial charge in [-0.2, -0.15) is 0 Å². The minimum Gasteiger partial charge on any atom is -0.490 e. The summed E-state index contributed by atoms with van der Waals surface area (Å²) in [6.07, 6.45) is 1.39. The Morgan fingerprint density at radius 3 is 2.69 bits per heavy atom. The second kappa shape index (κ2) is 7.47. The number of methoxy groups -OCH3 is 1. The Bertz CT molecular complexity index is 936. The van der Waals surface area contributed by atoms with Gasteiger partial charge in [0.2, 0.25) is 5.89 Å². The van der Waals surface area contributed by atoms with E-state index < -0.39 is 10.9 Å². The van der Waals surface area contributed by atoms with Crippen molar-refractivity contribution < 1.29 is 23.6 Å². The van der Waals surface area contributed by atoms with Gasteiger partial charge in [0.1, 0.15) is 18.6 Å². The molecule has 8 heteroatoms. The van der Waals surface area contributed by atoms with Gasteiger partial charge in [0, 0.05) is 11.6 Å². The SMILES string of the molecule is COc1ccc(C(=O)OCc2coc(-c3ccccc3)n2)cc1[N+](=O)[O-]. The first-order valence-electron chi connectivity index (χ1n) is 7.58. The molecule has 0 aliphatic heterocycles. The molecule has 8 nitrogen and oxygen atoms in total.